The number of H-pyrrole nitrogens is 1. The van der Waals surface area contributed by atoms with Gasteiger partial charge in [-0.15, -0.1) is 0 Å². The summed E-state index contributed by atoms with van der Waals surface area (Å²) in [6.45, 7) is 10.0. The lowest BCUT2D eigenvalue weighted by atomic mass is 9.92. The van der Waals surface area contributed by atoms with Gasteiger partial charge in [0.05, 0.1) is 0 Å². The summed E-state index contributed by atoms with van der Waals surface area (Å²) in [5.74, 6) is 0.142. The highest BCUT2D eigenvalue weighted by atomic mass is 16.2. The Hall–Kier alpha value is -1.25. The van der Waals surface area contributed by atoms with Crippen molar-refractivity contribution < 1.29 is 4.79 Å². The third-order valence-corrected chi connectivity index (χ3v) is 2.95. The van der Waals surface area contributed by atoms with Gasteiger partial charge in [-0.3, -0.25) is 4.79 Å². The van der Waals surface area contributed by atoms with Crippen LogP contribution in [0.4, 0.5) is 0 Å². The van der Waals surface area contributed by atoms with Gasteiger partial charge in [-0.2, -0.15) is 0 Å². The Kier molecular flexibility index (Phi) is 2.14. The summed E-state index contributed by atoms with van der Waals surface area (Å²) < 4.78 is 0. The number of hydrogen-bond donors (Lipinski definition) is 1. The molecule has 0 radical (unpaired) electrons. The minimum absolute atomic E-state index is 0.0850. The molecule has 1 amide bonds. The van der Waals surface area contributed by atoms with Crippen LogP contribution >= 0.6 is 0 Å². The summed E-state index contributed by atoms with van der Waals surface area (Å²) in [5.41, 5.74) is 3.17. The van der Waals surface area contributed by atoms with Crippen LogP contribution in [0.1, 0.15) is 49.4 Å². The molecule has 1 N–H and O–H groups in total. The van der Waals surface area contributed by atoms with Crippen LogP contribution in [0.2, 0.25) is 0 Å². The SMILES string of the molecule is CCN1Cc2cc(C(C)(C)C)[nH]c2C1=O. The Balaban J connectivity index is 2.36. The van der Waals surface area contributed by atoms with Crippen molar-refractivity contribution in [2.45, 2.75) is 39.7 Å². The van der Waals surface area contributed by atoms with E-state index in [0.29, 0.717) is 0 Å². The molecule has 15 heavy (non-hydrogen) atoms. The van der Waals surface area contributed by atoms with Crippen molar-refractivity contribution in [3.63, 3.8) is 0 Å². The number of aromatic amines is 1. The zero-order valence-corrected chi connectivity index (χ0v) is 9.85. The normalized spacial score (nSPS) is 16.0. The van der Waals surface area contributed by atoms with E-state index in [9.17, 15) is 4.79 Å². The number of fused-ring (bicyclic) bond motifs is 1. The van der Waals surface area contributed by atoms with Crippen LogP contribution in [0.5, 0.6) is 0 Å². The second-order valence-corrected chi connectivity index (χ2v) is 5.15. The van der Waals surface area contributed by atoms with Crippen molar-refractivity contribution in [3.05, 3.63) is 23.0 Å². The molecule has 2 heterocycles. The summed E-state index contributed by atoms with van der Waals surface area (Å²) in [4.78, 5) is 17.0. The van der Waals surface area contributed by atoms with Crippen LogP contribution in [0.3, 0.4) is 0 Å². The van der Waals surface area contributed by atoms with E-state index >= 15 is 0 Å². The molecule has 0 atom stereocenters. The predicted molar refractivity (Wildman–Crippen MR) is 59.9 cm³/mol. The molecule has 1 aliphatic heterocycles. The number of carbonyl (C=O) groups is 1. The van der Waals surface area contributed by atoms with Crippen LogP contribution in [-0.2, 0) is 12.0 Å². The number of carbonyl (C=O) groups excluding carboxylic acids is 1. The van der Waals surface area contributed by atoms with Crippen LogP contribution in [0.15, 0.2) is 6.07 Å². The average molecular weight is 206 g/mol. The second-order valence-electron chi connectivity index (χ2n) is 5.15. The largest absolute Gasteiger partial charge is 0.354 e. The van der Waals surface area contributed by atoms with E-state index in [2.05, 4.69) is 31.8 Å². The van der Waals surface area contributed by atoms with Gasteiger partial charge in [0.15, 0.2) is 0 Å². The number of nitrogens with zero attached hydrogens (tertiary/aromatic N) is 1. The number of amides is 1. The van der Waals surface area contributed by atoms with Crippen LogP contribution in [0, 0.1) is 0 Å². The van der Waals surface area contributed by atoms with Crippen molar-refractivity contribution in [1.82, 2.24) is 9.88 Å². The molecule has 0 aliphatic carbocycles. The molecule has 82 valence electrons. The molecular formula is C12H18N2O. The van der Waals surface area contributed by atoms with Crippen molar-refractivity contribution in [2.75, 3.05) is 6.54 Å². The molecule has 0 spiro atoms. The quantitative estimate of drug-likeness (QED) is 0.752. The Labute approximate surface area is 90.5 Å². The Morgan fingerprint density at radius 3 is 2.60 bits per heavy atom. The van der Waals surface area contributed by atoms with E-state index in [1.165, 1.54) is 0 Å². The predicted octanol–water partition coefficient (Wildman–Crippen LogP) is 2.29. The van der Waals surface area contributed by atoms with E-state index in [-0.39, 0.29) is 11.3 Å². The summed E-state index contributed by atoms with van der Waals surface area (Å²) in [5, 5.41) is 0. The van der Waals surface area contributed by atoms with E-state index in [1.54, 1.807) is 0 Å². The number of hydrogen-bond acceptors (Lipinski definition) is 1. The van der Waals surface area contributed by atoms with Crippen LogP contribution < -0.4 is 0 Å². The van der Waals surface area contributed by atoms with Crippen molar-refractivity contribution in [3.8, 4) is 0 Å². The maximum absolute atomic E-state index is 11.9. The Morgan fingerprint density at radius 1 is 1.47 bits per heavy atom. The van der Waals surface area contributed by atoms with Crippen molar-refractivity contribution in [2.24, 2.45) is 0 Å². The molecule has 0 saturated carbocycles. The minimum atomic E-state index is 0.0850. The highest BCUT2D eigenvalue weighted by Crippen LogP contribution is 2.28. The zero-order chi connectivity index (χ0) is 11.2. The lowest BCUT2D eigenvalue weighted by Gasteiger charge is -2.17. The van der Waals surface area contributed by atoms with Gasteiger partial charge in [-0.1, -0.05) is 20.8 Å². The maximum atomic E-state index is 11.9. The van der Waals surface area contributed by atoms with Crippen LogP contribution in [-0.4, -0.2) is 22.3 Å². The maximum Gasteiger partial charge on any atom is 0.270 e. The van der Waals surface area contributed by atoms with Crippen LogP contribution in [0.25, 0.3) is 0 Å². The van der Waals surface area contributed by atoms with Gasteiger partial charge in [-0.25, -0.2) is 0 Å². The fourth-order valence-electron chi connectivity index (χ4n) is 1.91. The molecule has 2 rings (SSSR count). The summed E-state index contributed by atoms with van der Waals surface area (Å²) >= 11 is 0. The second kappa shape index (κ2) is 3.12. The molecule has 0 fully saturated rings. The molecule has 0 bridgehead atoms. The number of nitrogens with one attached hydrogen (secondary N) is 1. The molecule has 0 aromatic carbocycles. The summed E-state index contributed by atoms with van der Waals surface area (Å²) in [7, 11) is 0. The zero-order valence-electron chi connectivity index (χ0n) is 9.85. The first kappa shape index (κ1) is 10.3. The number of rotatable bonds is 1. The van der Waals surface area contributed by atoms with E-state index in [1.807, 2.05) is 11.8 Å². The molecule has 0 unspecified atom stereocenters. The van der Waals surface area contributed by atoms with Gasteiger partial charge in [0.2, 0.25) is 0 Å². The standard InChI is InChI=1S/C12H18N2O/c1-5-14-7-8-6-9(12(2,3)4)13-10(8)11(14)15/h6,13H,5,7H2,1-4H3. The molecule has 3 heteroatoms. The lowest BCUT2D eigenvalue weighted by Crippen LogP contribution is -2.24. The van der Waals surface area contributed by atoms with Gasteiger partial charge >= 0.3 is 0 Å². The minimum Gasteiger partial charge on any atom is -0.354 e. The monoisotopic (exact) mass is 206 g/mol. The summed E-state index contributed by atoms with van der Waals surface area (Å²) in [6, 6.07) is 2.13. The first-order chi connectivity index (χ1) is 6.93. The van der Waals surface area contributed by atoms with E-state index in [4.69, 9.17) is 0 Å². The lowest BCUT2D eigenvalue weighted by molar-refractivity contribution is 0.0782. The molecule has 3 nitrogen and oxygen atoms in total. The first-order valence-electron chi connectivity index (χ1n) is 5.45. The van der Waals surface area contributed by atoms with E-state index < -0.39 is 0 Å². The van der Waals surface area contributed by atoms with Gasteiger partial charge in [0, 0.05) is 29.8 Å². The van der Waals surface area contributed by atoms with E-state index in [0.717, 1.165) is 30.0 Å². The molecule has 1 aromatic rings. The molecule has 0 saturated heterocycles. The first-order valence-corrected chi connectivity index (χ1v) is 5.45. The average Bonchev–Trinajstić information content (AvgIpc) is 2.65. The third-order valence-electron chi connectivity index (χ3n) is 2.95. The van der Waals surface area contributed by atoms with Gasteiger partial charge < -0.3 is 9.88 Å². The Bertz CT molecular complexity index is 398. The summed E-state index contributed by atoms with van der Waals surface area (Å²) in [6.07, 6.45) is 0. The van der Waals surface area contributed by atoms with Gasteiger partial charge in [0.25, 0.3) is 5.91 Å². The number of aromatic nitrogens is 1. The fraction of sp³-hybridized carbons (Fsp3) is 0.583. The molecule has 1 aromatic heterocycles. The van der Waals surface area contributed by atoms with Gasteiger partial charge in [0.1, 0.15) is 5.69 Å². The fourth-order valence-corrected chi connectivity index (χ4v) is 1.91. The molecule has 1 aliphatic rings. The molecular weight excluding hydrogens is 188 g/mol. The van der Waals surface area contributed by atoms with Crippen molar-refractivity contribution >= 4 is 5.91 Å². The smallest absolute Gasteiger partial charge is 0.270 e. The third kappa shape index (κ3) is 1.56. The topological polar surface area (TPSA) is 36.1 Å². The highest BCUT2D eigenvalue weighted by molar-refractivity contribution is 5.96. The van der Waals surface area contributed by atoms with Gasteiger partial charge in [-0.05, 0) is 13.0 Å². The van der Waals surface area contributed by atoms with Crippen molar-refractivity contribution in [1.29, 1.82) is 0 Å². The highest BCUT2D eigenvalue weighted by Gasteiger charge is 2.30. The Morgan fingerprint density at radius 2 is 2.13 bits per heavy atom.